The molecule has 0 spiro atoms. The van der Waals surface area contributed by atoms with E-state index in [1.165, 1.54) is 0 Å². The number of urea groups is 3. The van der Waals surface area contributed by atoms with Gasteiger partial charge < -0.3 is 20.8 Å². The highest BCUT2D eigenvalue weighted by molar-refractivity contribution is 6.08. The molecule has 4 N–H and O–H groups in total. The summed E-state index contributed by atoms with van der Waals surface area (Å²) >= 11 is 0. The number of amides is 6. The standard InChI is InChI=1S/C23H30N4O5/c1-15-7-5-9-19(17(15)3)24-21(30)26(11-13-28)23(32)27(12-14-29)22(31)25-20-10-6-8-16(2)18(20)4/h5-10,28-29H,11-14H2,1-4H3,(H,24,30)(H,25,31). The molecule has 0 heterocycles. The van der Waals surface area contributed by atoms with Gasteiger partial charge in [-0.25, -0.2) is 24.2 Å². The molecule has 0 aliphatic carbocycles. The monoisotopic (exact) mass is 442 g/mol. The molecule has 0 saturated heterocycles. The molecule has 0 aromatic heterocycles. The first-order chi connectivity index (χ1) is 15.2. The molecule has 2 aromatic rings. The highest BCUT2D eigenvalue weighted by Gasteiger charge is 2.30. The molecule has 0 atom stereocenters. The predicted molar refractivity (Wildman–Crippen MR) is 123 cm³/mol. The van der Waals surface area contributed by atoms with Gasteiger partial charge >= 0.3 is 18.1 Å². The zero-order valence-corrected chi connectivity index (χ0v) is 18.8. The molecule has 0 aliphatic rings. The normalized spacial score (nSPS) is 10.4. The lowest BCUT2D eigenvalue weighted by atomic mass is 10.1. The number of imide groups is 2. The van der Waals surface area contributed by atoms with Crippen LogP contribution in [0.25, 0.3) is 0 Å². The van der Waals surface area contributed by atoms with Gasteiger partial charge in [-0.2, -0.15) is 0 Å². The maximum absolute atomic E-state index is 13.1. The molecule has 32 heavy (non-hydrogen) atoms. The van der Waals surface area contributed by atoms with Crippen molar-refractivity contribution in [3.63, 3.8) is 0 Å². The summed E-state index contributed by atoms with van der Waals surface area (Å²) in [6.07, 6.45) is 0. The number of nitrogens with one attached hydrogen (secondary N) is 2. The van der Waals surface area contributed by atoms with Crippen molar-refractivity contribution in [1.82, 2.24) is 9.80 Å². The van der Waals surface area contributed by atoms with Crippen molar-refractivity contribution in [2.24, 2.45) is 0 Å². The highest BCUT2D eigenvalue weighted by Crippen LogP contribution is 2.20. The smallest absolute Gasteiger partial charge is 0.336 e. The fourth-order valence-corrected chi connectivity index (χ4v) is 3.05. The largest absolute Gasteiger partial charge is 0.395 e. The van der Waals surface area contributed by atoms with Crippen LogP contribution < -0.4 is 10.6 Å². The Labute approximate surface area is 187 Å². The third kappa shape index (κ3) is 5.83. The van der Waals surface area contributed by atoms with Gasteiger partial charge in [-0.1, -0.05) is 24.3 Å². The van der Waals surface area contributed by atoms with E-state index in [2.05, 4.69) is 10.6 Å². The lowest BCUT2D eigenvalue weighted by Gasteiger charge is -2.28. The number of aliphatic hydroxyl groups excluding tert-OH is 2. The molecule has 0 unspecified atom stereocenters. The number of benzene rings is 2. The Kier molecular flexibility index (Phi) is 8.74. The van der Waals surface area contributed by atoms with Crippen molar-refractivity contribution in [2.75, 3.05) is 36.9 Å². The van der Waals surface area contributed by atoms with E-state index in [9.17, 15) is 24.6 Å². The van der Waals surface area contributed by atoms with E-state index in [4.69, 9.17) is 0 Å². The van der Waals surface area contributed by atoms with Crippen molar-refractivity contribution in [2.45, 2.75) is 27.7 Å². The Hall–Kier alpha value is -3.43. The van der Waals surface area contributed by atoms with E-state index in [0.29, 0.717) is 11.4 Å². The average molecular weight is 443 g/mol. The molecule has 2 aromatic carbocycles. The summed E-state index contributed by atoms with van der Waals surface area (Å²) in [5.74, 6) is 0. The SMILES string of the molecule is Cc1cccc(NC(=O)N(CCO)C(=O)N(CCO)C(=O)Nc2cccc(C)c2C)c1C. The van der Waals surface area contributed by atoms with E-state index < -0.39 is 31.3 Å². The Morgan fingerprint density at radius 2 is 1.09 bits per heavy atom. The number of carbonyl (C=O) groups is 3. The molecule has 9 nitrogen and oxygen atoms in total. The first-order valence-electron chi connectivity index (χ1n) is 10.3. The summed E-state index contributed by atoms with van der Waals surface area (Å²) in [7, 11) is 0. The van der Waals surface area contributed by atoms with Crippen LogP contribution in [-0.4, -0.2) is 64.4 Å². The lowest BCUT2D eigenvalue weighted by molar-refractivity contribution is 0.145. The molecular weight excluding hydrogens is 412 g/mol. The molecule has 0 radical (unpaired) electrons. The minimum absolute atomic E-state index is 0.325. The minimum atomic E-state index is -0.960. The van der Waals surface area contributed by atoms with E-state index in [1.54, 1.807) is 24.3 Å². The van der Waals surface area contributed by atoms with Crippen LogP contribution in [-0.2, 0) is 0 Å². The van der Waals surface area contributed by atoms with Gasteiger partial charge in [0, 0.05) is 11.4 Å². The second kappa shape index (κ2) is 11.3. The van der Waals surface area contributed by atoms with Crippen LogP contribution in [0.4, 0.5) is 25.8 Å². The van der Waals surface area contributed by atoms with Crippen molar-refractivity contribution in [3.8, 4) is 0 Å². The summed E-state index contributed by atoms with van der Waals surface area (Å²) in [5, 5.41) is 24.1. The number of aryl methyl sites for hydroxylation is 2. The maximum Gasteiger partial charge on any atom is 0.336 e. The molecule has 0 bridgehead atoms. The van der Waals surface area contributed by atoms with E-state index in [-0.39, 0.29) is 13.1 Å². The zero-order valence-electron chi connectivity index (χ0n) is 18.8. The third-order valence-electron chi connectivity index (χ3n) is 5.29. The van der Waals surface area contributed by atoms with Gasteiger partial charge in [-0.05, 0) is 62.1 Å². The van der Waals surface area contributed by atoms with E-state index in [0.717, 1.165) is 32.1 Å². The number of hydrogen-bond donors (Lipinski definition) is 4. The summed E-state index contributed by atoms with van der Waals surface area (Å²) in [6, 6.07) is 8.17. The van der Waals surface area contributed by atoms with Crippen LogP contribution in [0, 0.1) is 27.7 Å². The summed E-state index contributed by atoms with van der Waals surface area (Å²) in [6.45, 7) is 5.82. The highest BCUT2D eigenvalue weighted by atomic mass is 16.3. The van der Waals surface area contributed by atoms with Gasteiger partial charge in [0.15, 0.2) is 0 Å². The fraction of sp³-hybridized carbons (Fsp3) is 0.348. The second-order valence-electron chi connectivity index (χ2n) is 7.39. The maximum atomic E-state index is 13.1. The Morgan fingerprint density at radius 1 is 0.719 bits per heavy atom. The average Bonchev–Trinajstić information content (AvgIpc) is 2.76. The molecule has 172 valence electrons. The number of aliphatic hydroxyl groups is 2. The molecule has 9 heteroatoms. The van der Waals surface area contributed by atoms with Crippen molar-refractivity contribution >= 4 is 29.5 Å². The minimum Gasteiger partial charge on any atom is -0.395 e. The van der Waals surface area contributed by atoms with Gasteiger partial charge in [0.2, 0.25) is 0 Å². The predicted octanol–water partition coefficient (Wildman–Crippen LogP) is 3.39. The molecule has 2 rings (SSSR count). The van der Waals surface area contributed by atoms with Crippen LogP contribution in [0.15, 0.2) is 36.4 Å². The molecule has 0 fully saturated rings. The zero-order chi connectivity index (χ0) is 23.8. The van der Waals surface area contributed by atoms with Gasteiger partial charge in [-0.3, -0.25) is 0 Å². The first kappa shape index (κ1) is 24.8. The van der Waals surface area contributed by atoms with Crippen molar-refractivity contribution in [1.29, 1.82) is 0 Å². The van der Waals surface area contributed by atoms with Gasteiger partial charge in [0.1, 0.15) is 0 Å². The van der Waals surface area contributed by atoms with Crippen LogP contribution >= 0.6 is 0 Å². The van der Waals surface area contributed by atoms with Crippen LogP contribution in [0.1, 0.15) is 22.3 Å². The van der Waals surface area contributed by atoms with Crippen LogP contribution in [0.3, 0.4) is 0 Å². The Morgan fingerprint density at radius 3 is 1.44 bits per heavy atom. The number of carbonyl (C=O) groups excluding carboxylic acids is 3. The van der Waals surface area contributed by atoms with E-state index >= 15 is 0 Å². The van der Waals surface area contributed by atoms with Crippen molar-refractivity contribution < 1.29 is 24.6 Å². The lowest BCUT2D eigenvalue weighted by Crippen LogP contribution is -2.53. The third-order valence-corrected chi connectivity index (χ3v) is 5.29. The summed E-state index contributed by atoms with van der Waals surface area (Å²) in [4.78, 5) is 40.3. The topological polar surface area (TPSA) is 122 Å². The van der Waals surface area contributed by atoms with Crippen LogP contribution in [0.2, 0.25) is 0 Å². The quantitative estimate of drug-likeness (QED) is 0.546. The summed E-state index contributed by atoms with van der Waals surface area (Å²) < 4.78 is 0. The Bertz CT molecular complexity index is 915. The van der Waals surface area contributed by atoms with Gasteiger partial charge in [-0.15, -0.1) is 0 Å². The molecule has 6 amide bonds. The summed E-state index contributed by atoms with van der Waals surface area (Å²) in [5.41, 5.74) is 4.60. The van der Waals surface area contributed by atoms with Gasteiger partial charge in [0.25, 0.3) is 0 Å². The number of nitrogens with zero attached hydrogens (tertiary/aromatic N) is 2. The fourth-order valence-electron chi connectivity index (χ4n) is 3.05. The number of hydrogen-bond acceptors (Lipinski definition) is 5. The molecule has 0 saturated carbocycles. The number of rotatable bonds is 6. The van der Waals surface area contributed by atoms with Crippen LogP contribution in [0.5, 0.6) is 0 Å². The van der Waals surface area contributed by atoms with E-state index in [1.807, 2.05) is 39.8 Å². The molecular formula is C23H30N4O5. The Balaban J connectivity index is 2.26. The van der Waals surface area contributed by atoms with Crippen molar-refractivity contribution in [3.05, 3.63) is 58.7 Å². The van der Waals surface area contributed by atoms with Gasteiger partial charge in [0.05, 0.1) is 26.3 Å². The first-order valence-corrected chi connectivity index (χ1v) is 10.3. The number of anilines is 2. The molecule has 0 aliphatic heterocycles. The second-order valence-corrected chi connectivity index (χ2v) is 7.39.